The van der Waals surface area contributed by atoms with Crippen LogP contribution in [0, 0.1) is 0 Å². The van der Waals surface area contributed by atoms with Crippen LogP contribution in [-0.4, -0.2) is 56.3 Å². The van der Waals surface area contributed by atoms with Gasteiger partial charge in [-0.25, -0.2) is 0 Å². The van der Waals surface area contributed by atoms with Crippen LogP contribution < -0.4 is 0 Å². The molecule has 0 amide bonds. The monoisotopic (exact) mass is 246 g/mol. The van der Waals surface area contributed by atoms with Crippen LogP contribution in [0.4, 0.5) is 0 Å². The molecule has 4 atom stereocenters. The molecule has 0 aliphatic carbocycles. The van der Waals surface area contributed by atoms with Gasteiger partial charge in [0.1, 0.15) is 0 Å². The molecule has 0 aromatic heterocycles. The smallest absolute Gasteiger partial charge is 0.0859 e. The predicted octanol–water partition coefficient (Wildman–Crippen LogP) is 0.304. The normalized spacial score (nSPS) is 42.4. The van der Waals surface area contributed by atoms with Gasteiger partial charge in [0, 0.05) is 26.4 Å². The molecular weight excluding hydrogens is 224 g/mol. The average molecular weight is 246 g/mol. The molecule has 4 saturated heterocycles. The quantitative estimate of drug-likeness (QED) is 0.616. The van der Waals surface area contributed by atoms with E-state index in [0.29, 0.717) is 24.4 Å². The lowest BCUT2D eigenvalue weighted by Crippen LogP contribution is -2.13. The summed E-state index contributed by atoms with van der Waals surface area (Å²) >= 11 is 0. The molecule has 0 aromatic rings. The van der Waals surface area contributed by atoms with E-state index < -0.39 is 0 Å². The van der Waals surface area contributed by atoms with Crippen molar-refractivity contribution in [2.75, 3.05) is 26.4 Å². The van der Waals surface area contributed by atoms with Gasteiger partial charge in [-0.1, -0.05) is 0 Å². The van der Waals surface area contributed by atoms with E-state index in [9.17, 15) is 0 Å². The van der Waals surface area contributed by atoms with Crippen LogP contribution in [0.5, 0.6) is 0 Å². The molecule has 4 aliphatic heterocycles. The second-order valence-electron chi connectivity index (χ2n) is 4.79. The van der Waals surface area contributed by atoms with Gasteiger partial charge in [0.25, 0.3) is 0 Å². The molecule has 4 unspecified atom stereocenters. The maximum absolute atomic E-state index is 5.35. The topological polar surface area (TPSA) is 68.4 Å². The van der Waals surface area contributed by atoms with Gasteiger partial charge in [0.05, 0.1) is 24.4 Å². The second kappa shape index (κ2) is 6.11. The van der Waals surface area contributed by atoms with Crippen molar-refractivity contribution in [3.8, 4) is 0 Å². The summed E-state index contributed by atoms with van der Waals surface area (Å²) in [6.45, 7) is 3.65. The minimum Gasteiger partial charge on any atom is -0.412 e. The first kappa shape index (κ1) is 13.2. The predicted molar refractivity (Wildman–Crippen MR) is 61.0 cm³/mol. The molecule has 100 valence electrons. The van der Waals surface area contributed by atoms with Crippen LogP contribution in [0.2, 0.25) is 0 Å². The Morgan fingerprint density at radius 3 is 0.941 bits per heavy atom. The Kier molecular flexibility index (Phi) is 4.76. The summed E-state index contributed by atoms with van der Waals surface area (Å²) in [6.07, 6.45) is 6.28. The molecule has 0 radical (unpaired) electrons. The highest BCUT2D eigenvalue weighted by atomic mass is 16.6. The van der Waals surface area contributed by atoms with Gasteiger partial charge in [-0.05, 0) is 25.7 Å². The van der Waals surface area contributed by atoms with E-state index in [0.717, 1.165) is 52.1 Å². The number of ether oxygens (including phenoxy) is 4. The van der Waals surface area contributed by atoms with Gasteiger partial charge in [0.15, 0.2) is 0 Å². The lowest BCUT2D eigenvalue weighted by atomic mass is 10.2. The lowest BCUT2D eigenvalue weighted by Gasteiger charge is -2.03. The maximum atomic E-state index is 5.35. The van der Waals surface area contributed by atoms with E-state index in [4.69, 9.17) is 18.9 Å². The number of fused-ring (bicyclic) bond motifs is 2. The molecule has 0 bridgehead atoms. The Hall–Kier alpha value is -0.200. The first-order chi connectivity index (χ1) is 7.93. The molecule has 0 spiro atoms. The Balaban J connectivity index is 0.000000120. The zero-order valence-electron chi connectivity index (χ0n) is 10.1. The summed E-state index contributed by atoms with van der Waals surface area (Å²) in [5, 5.41) is 0. The number of rotatable bonds is 0. The van der Waals surface area contributed by atoms with Crippen LogP contribution in [0.15, 0.2) is 0 Å². The fourth-order valence-corrected chi connectivity index (χ4v) is 2.85. The van der Waals surface area contributed by atoms with Gasteiger partial charge in [-0.15, -0.1) is 0 Å². The molecule has 4 rings (SSSR count). The van der Waals surface area contributed by atoms with Crippen molar-refractivity contribution in [1.29, 1.82) is 0 Å². The van der Waals surface area contributed by atoms with Crippen LogP contribution in [-0.2, 0) is 18.9 Å². The summed E-state index contributed by atoms with van der Waals surface area (Å²) in [7, 11) is 0. The summed E-state index contributed by atoms with van der Waals surface area (Å²) in [4.78, 5) is 0. The third-order valence-electron chi connectivity index (χ3n) is 3.77. The first-order valence-corrected chi connectivity index (χ1v) is 6.40. The van der Waals surface area contributed by atoms with Crippen LogP contribution in [0.3, 0.4) is 0 Å². The third-order valence-corrected chi connectivity index (χ3v) is 3.77. The molecule has 5 nitrogen and oxygen atoms in total. The fraction of sp³-hybridized carbons (Fsp3) is 1.00. The van der Waals surface area contributed by atoms with Crippen molar-refractivity contribution in [2.45, 2.75) is 50.1 Å². The Labute approximate surface area is 102 Å². The Morgan fingerprint density at radius 1 is 0.471 bits per heavy atom. The van der Waals surface area contributed by atoms with E-state index in [1.807, 2.05) is 0 Å². The van der Waals surface area contributed by atoms with Crippen molar-refractivity contribution in [3.05, 3.63) is 0 Å². The summed E-state index contributed by atoms with van der Waals surface area (Å²) in [6, 6.07) is 0. The first-order valence-electron chi connectivity index (χ1n) is 6.40. The van der Waals surface area contributed by atoms with E-state index >= 15 is 0 Å². The largest absolute Gasteiger partial charge is 0.412 e. The van der Waals surface area contributed by atoms with Crippen molar-refractivity contribution >= 4 is 0 Å². The Morgan fingerprint density at radius 2 is 0.706 bits per heavy atom. The van der Waals surface area contributed by atoms with Gasteiger partial charge in [-0.2, -0.15) is 0 Å². The molecule has 17 heavy (non-hydrogen) atoms. The molecule has 0 aromatic carbocycles. The van der Waals surface area contributed by atoms with Crippen molar-refractivity contribution in [1.82, 2.24) is 0 Å². The van der Waals surface area contributed by atoms with Crippen LogP contribution >= 0.6 is 0 Å². The third kappa shape index (κ3) is 2.98. The maximum Gasteiger partial charge on any atom is 0.0859 e. The standard InChI is InChI=1S/2C6H10O2.H2O/c2*1-3-7-6-2-4-8-5(1)6;/h2*5-6H,1-4H2;1H2. The van der Waals surface area contributed by atoms with Crippen LogP contribution in [0.1, 0.15) is 25.7 Å². The zero-order valence-corrected chi connectivity index (χ0v) is 10.1. The molecule has 4 aliphatic rings. The van der Waals surface area contributed by atoms with Gasteiger partial charge in [-0.3, -0.25) is 0 Å². The van der Waals surface area contributed by atoms with E-state index in [1.165, 1.54) is 0 Å². The number of hydrogen-bond donors (Lipinski definition) is 0. The summed E-state index contributed by atoms with van der Waals surface area (Å²) in [5.41, 5.74) is 0. The van der Waals surface area contributed by atoms with Crippen molar-refractivity contribution < 1.29 is 24.4 Å². The molecular formula is C12H22O5. The van der Waals surface area contributed by atoms with Crippen LogP contribution in [0.25, 0.3) is 0 Å². The highest BCUT2D eigenvalue weighted by molar-refractivity contribution is 4.81. The van der Waals surface area contributed by atoms with E-state index in [-0.39, 0.29) is 5.48 Å². The number of hydrogen-bond acceptors (Lipinski definition) is 4. The SMILES string of the molecule is C1CC2OCCC2O1.C1CC2OCCC2O1.O. The second-order valence-corrected chi connectivity index (χ2v) is 4.79. The average Bonchev–Trinajstić information content (AvgIpc) is 2.99. The highest BCUT2D eigenvalue weighted by Crippen LogP contribution is 2.25. The van der Waals surface area contributed by atoms with Gasteiger partial charge in [0.2, 0.25) is 0 Å². The molecule has 2 N–H and O–H groups in total. The van der Waals surface area contributed by atoms with E-state index in [2.05, 4.69) is 0 Å². The van der Waals surface area contributed by atoms with Gasteiger partial charge < -0.3 is 24.4 Å². The Bertz CT molecular complexity index is 171. The highest BCUT2D eigenvalue weighted by Gasteiger charge is 2.33. The molecule has 4 fully saturated rings. The van der Waals surface area contributed by atoms with E-state index in [1.54, 1.807) is 0 Å². The van der Waals surface area contributed by atoms with Crippen molar-refractivity contribution in [3.63, 3.8) is 0 Å². The fourth-order valence-electron chi connectivity index (χ4n) is 2.85. The minimum absolute atomic E-state index is 0. The molecule has 4 heterocycles. The lowest BCUT2D eigenvalue weighted by molar-refractivity contribution is 0.0732. The molecule has 0 saturated carbocycles. The summed E-state index contributed by atoms with van der Waals surface area (Å²) < 4.78 is 21.4. The summed E-state index contributed by atoms with van der Waals surface area (Å²) in [5.74, 6) is 0. The zero-order chi connectivity index (χ0) is 10.8. The molecule has 5 heteroatoms. The van der Waals surface area contributed by atoms with Crippen molar-refractivity contribution in [2.24, 2.45) is 0 Å². The minimum atomic E-state index is 0. The van der Waals surface area contributed by atoms with Gasteiger partial charge >= 0.3 is 0 Å².